The lowest BCUT2D eigenvalue weighted by atomic mass is 9.80. The molecule has 1 aliphatic rings. The van der Waals surface area contributed by atoms with Gasteiger partial charge in [-0.2, -0.15) is 0 Å². The molecule has 1 saturated carbocycles. The SMILES string of the molecule is CC(C1CCC1)n1c(=S)[nH]c2cccnc21. The molecule has 0 saturated heterocycles. The normalized spacial score (nSPS) is 18.6. The molecule has 0 aliphatic heterocycles. The van der Waals surface area contributed by atoms with Crippen molar-refractivity contribution in [2.75, 3.05) is 0 Å². The molecule has 84 valence electrons. The molecule has 2 aromatic heterocycles. The average Bonchev–Trinajstić information content (AvgIpc) is 2.50. The Balaban J connectivity index is 2.14. The van der Waals surface area contributed by atoms with Crippen LogP contribution in [0.25, 0.3) is 11.2 Å². The molecule has 0 spiro atoms. The zero-order valence-corrected chi connectivity index (χ0v) is 10.1. The summed E-state index contributed by atoms with van der Waals surface area (Å²) in [6, 6.07) is 4.43. The molecule has 1 unspecified atom stereocenters. The van der Waals surface area contributed by atoms with Crippen LogP contribution in [-0.2, 0) is 0 Å². The first-order valence-corrected chi connectivity index (χ1v) is 6.23. The van der Waals surface area contributed by atoms with Crippen molar-refractivity contribution in [1.82, 2.24) is 14.5 Å². The van der Waals surface area contributed by atoms with Crippen LogP contribution in [0.1, 0.15) is 32.2 Å². The summed E-state index contributed by atoms with van der Waals surface area (Å²) in [5.41, 5.74) is 2.03. The Bertz CT molecular complexity index is 565. The second-order valence-electron chi connectivity index (χ2n) is 4.61. The Hall–Kier alpha value is -1.16. The van der Waals surface area contributed by atoms with Gasteiger partial charge in [0.15, 0.2) is 10.4 Å². The number of fused-ring (bicyclic) bond motifs is 1. The Morgan fingerprint density at radius 1 is 1.56 bits per heavy atom. The summed E-state index contributed by atoms with van der Waals surface area (Å²) >= 11 is 5.39. The molecule has 1 aliphatic carbocycles. The Morgan fingerprint density at radius 2 is 2.38 bits per heavy atom. The second kappa shape index (κ2) is 3.70. The number of aromatic nitrogens is 3. The molecular formula is C12H15N3S. The van der Waals surface area contributed by atoms with Crippen LogP contribution in [0.15, 0.2) is 18.3 Å². The predicted molar refractivity (Wildman–Crippen MR) is 67.0 cm³/mol. The molecule has 4 heteroatoms. The first-order chi connectivity index (χ1) is 7.77. The van der Waals surface area contributed by atoms with Gasteiger partial charge in [0, 0.05) is 12.2 Å². The van der Waals surface area contributed by atoms with Gasteiger partial charge in [0.25, 0.3) is 0 Å². The molecule has 0 aromatic carbocycles. The lowest BCUT2D eigenvalue weighted by Crippen LogP contribution is -2.23. The van der Waals surface area contributed by atoms with Crippen molar-refractivity contribution in [2.24, 2.45) is 5.92 Å². The second-order valence-corrected chi connectivity index (χ2v) is 4.99. The lowest BCUT2D eigenvalue weighted by Gasteiger charge is -2.32. The van der Waals surface area contributed by atoms with Crippen LogP contribution in [0.3, 0.4) is 0 Å². The first kappa shape index (κ1) is 10.0. The fourth-order valence-electron chi connectivity index (χ4n) is 2.47. The van der Waals surface area contributed by atoms with Crippen LogP contribution in [0.2, 0.25) is 0 Å². The van der Waals surface area contributed by atoms with Crippen LogP contribution >= 0.6 is 12.2 Å². The molecule has 1 atom stereocenters. The van der Waals surface area contributed by atoms with Gasteiger partial charge in [0.2, 0.25) is 0 Å². The third kappa shape index (κ3) is 1.40. The summed E-state index contributed by atoms with van der Waals surface area (Å²) in [5.74, 6) is 0.771. The quantitative estimate of drug-likeness (QED) is 0.806. The highest BCUT2D eigenvalue weighted by Gasteiger charge is 2.26. The van der Waals surface area contributed by atoms with E-state index in [-0.39, 0.29) is 0 Å². The highest BCUT2D eigenvalue weighted by Crippen LogP contribution is 2.37. The third-order valence-electron chi connectivity index (χ3n) is 3.71. The van der Waals surface area contributed by atoms with E-state index >= 15 is 0 Å². The van der Waals surface area contributed by atoms with Gasteiger partial charge in [-0.3, -0.25) is 4.57 Å². The minimum atomic E-state index is 0.463. The van der Waals surface area contributed by atoms with Crippen molar-refractivity contribution in [3.05, 3.63) is 23.1 Å². The van der Waals surface area contributed by atoms with E-state index in [1.165, 1.54) is 19.3 Å². The van der Waals surface area contributed by atoms with E-state index in [1.807, 2.05) is 18.3 Å². The van der Waals surface area contributed by atoms with E-state index in [9.17, 15) is 0 Å². The minimum Gasteiger partial charge on any atom is -0.329 e. The number of hydrogen-bond donors (Lipinski definition) is 1. The van der Waals surface area contributed by atoms with E-state index in [1.54, 1.807) is 0 Å². The third-order valence-corrected chi connectivity index (χ3v) is 4.01. The van der Waals surface area contributed by atoms with E-state index in [4.69, 9.17) is 12.2 Å². The zero-order chi connectivity index (χ0) is 11.1. The number of imidazole rings is 1. The van der Waals surface area contributed by atoms with Gasteiger partial charge in [-0.15, -0.1) is 0 Å². The number of nitrogens with zero attached hydrogens (tertiary/aromatic N) is 2. The molecule has 0 amide bonds. The molecule has 3 rings (SSSR count). The number of hydrogen-bond acceptors (Lipinski definition) is 2. The van der Waals surface area contributed by atoms with Gasteiger partial charge in [0.05, 0.1) is 5.52 Å². The highest BCUT2D eigenvalue weighted by atomic mass is 32.1. The minimum absolute atomic E-state index is 0.463. The summed E-state index contributed by atoms with van der Waals surface area (Å²) in [4.78, 5) is 7.66. The number of nitrogens with one attached hydrogen (secondary N) is 1. The van der Waals surface area contributed by atoms with Crippen molar-refractivity contribution in [2.45, 2.75) is 32.2 Å². The lowest BCUT2D eigenvalue weighted by molar-refractivity contribution is 0.224. The topological polar surface area (TPSA) is 33.6 Å². The summed E-state index contributed by atoms with van der Waals surface area (Å²) in [6.45, 7) is 2.25. The van der Waals surface area contributed by atoms with Gasteiger partial charge in [-0.1, -0.05) is 6.42 Å². The van der Waals surface area contributed by atoms with Crippen LogP contribution in [0, 0.1) is 10.7 Å². The predicted octanol–water partition coefficient (Wildman–Crippen LogP) is 3.45. The summed E-state index contributed by atoms with van der Waals surface area (Å²) < 4.78 is 2.97. The van der Waals surface area contributed by atoms with E-state index in [0.717, 1.165) is 21.9 Å². The van der Waals surface area contributed by atoms with Gasteiger partial charge in [0.1, 0.15) is 0 Å². The molecule has 16 heavy (non-hydrogen) atoms. The summed E-state index contributed by atoms with van der Waals surface area (Å²) in [5, 5.41) is 0. The molecule has 0 radical (unpaired) electrons. The Labute approximate surface area is 99.5 Å². The molecule has 3 nitrogen and oxygen atoms in total. The van der Waals surface area contributed by atoms with Gasteiger partial charge >= 0.3 is 0 Å². The van der Waals surface area contributed by atoms with Crippen molar-refractivity contribution >= 4 is 23.4 Å². The fraction of sp³-hybridized carbons (Fsp3) is 0.500. The molecule has 0 bridgehead atoms. The molecule has 2 aromatic rings. The smallest absolute Gasteiger partial charge is 0.179 e. The van der Waals surface area contributed by atoms with Crippen LogP contribution in [0.4, 0.5) is 0 Å². The Morgan fingerprint density at radius 3 is 3.06 bits per heavy atom. The number of rotatable bonds is 2. The van der Waals surface area contributed by atoms with E-state index < -0.39 is 0 Å². The highest BCUT2D eigenvalue weighted by molar-refractivity contribution is 7.71. The number of H-pyrrole nitrogens is 1. The van der Waals surface area contributed by atoms with Crippen LogP contribution in [-0.4, -0.2) is 14.5 Å². The maximum atomic E-state index is 5.39. The standard InChI is InChI=1S/C12H15N3S/c1-8(9-4-2-5-9)15-11-10(14-12(15)16)6-3-7-13-11/h3,6-9H,2,4-5H2,1H3,(H,14,16). The van der Waals surface area contributed by atoms with Gasteiger partial charge in [-0.05, 0) is 50.0 Å². The number of pyridine rings is 1. The number of aromatic amines is 1. The van der Waals surface area contributed by atoms with Gasteiger partial charge < -0.3 is 4.98 Å². The molecule has 1 fully saturated rings. The molecule has 1 N–H and O–H groups in total. The molecule has 2 heterocycles. The maximum absolute atomic E-state index is 5.39. The zero-order valence-electron chi connectivity index (χ0n) is 9.31. The average molecular weight is 233 g/mol. The summed E-state index contributed by atoms with van der Waals surface area (Å²) in [7, 11) is 0. The molecular weight excluding hydrogens is 218 g/mol. The van der Waals surface area contributed by atoms with Crippen molar-refractivity contribution < 1.29 is 0 Å². The monoisotopic (exact) mass is 233 g/mol. The Kier molecular flexibility index (Phi) is 2.32. The largest absolute Gasteiger partial charge is 0.329 e. The summed E-state index contributed by atoms with van der Waals surface area (Å²) in [6.07, 6.45) is 5.83. The van der Waals surface area contributed by atoms with Crippen molar-refractivity contribution in [3.63, 3.8) is 0 Å². The van der Waals surface area contributed by atoms with Crippen LogP contribution < -0.4 is 0 Å². The van der Waals surface area contributed by atoms with Crippen molar-refractivity contribution in [3.8, 4) is 0 Å². The first-order valence-electron chi connectivity index (χ1n) is 5.82. The van der Waals surface area contributed by atoms with E-state index in [2.05, 4.69) is 21.5 Å². The van der Waals surface area contributed by atoms with Crippen molar-refractivity contribution in [1.29, 1.82) is 0 Å². The van der Waals surface area contributed by atoms with Crippen LogP contribution in [0.5, 0.6) is 0 Å². The fourth-order valence-corrected chi connectivity index (χ4v) is 2.83. The van der Waals surface area contributed by atoms with E-state index in [0.29, 0.717) is 6.04 Å². The van der Waals surface area contributed by atoms with Gasteiger partial charge in [-0.25, -0.2) is 4.98 Å². The maximum Gasteiger partial charge on any atom is 0.179 e.